The second kappa shape index (κ2) is 7.17. The van der Waals surface area contributed by atoms with E-state index in [9.17, 15) is 14.4 Å². The maximum Gasteiger partial charge on any atom is 0.254 e. The van der Waals surface area contributed by atoms with E-state index in [0.29, 0.717) is 16.9 Å². The summed E-state index contributed by atoms with van der Waals surface area (Å²) >= 11 is 0. The minimum atomic E-state index is -0.747. The van der Waals surface area contributed by atoms with Gasteiger partial charge in [0.1, 0.15) is 6.04 Å². The Balaban J connectivity index is 1.61. The lowest BCUT2D eigenvalue weighted by atomic mass is 10.1. The summed E-state index contributed by atoms with van der Waals surface area (Å²) < 4.78 is 0. The number of para-hydroxylation sites is 1. The van der Waals surface area contributed by atoms with Crippen LogP contribution in [0.1, 0.15) is 28.8 Å². The minimum absolute atomic E-state index is 0.128. The van der Waals surface area contributed by atoms with Gasteiger partial charge in [0.25, 0.3) is 5.91 Å². The lowest BCUT2D eigenvalue weighted by Crippen LogP contribution is -2.41. The first kappa shape index (κ1) is 16.7. The van der Waals surface area contributed by atoms with E-state index in [1.807, 2.05) is 31.2 Å². The molecule has 1 heterocycles. The van der Waals surface area contributed by atoms with Gasteiger partial charge in [0.2, 0.25) is 11.8 Å². The molecule has 25 heavy (non-hydrogen) atoms. The predicted molar refractivity (Wildman–Crippen MR) is 95.4 cm³/mol. The van der Waals surface area contributed by atoms with Crippen LogP contribution in [-0.2, 0) is 9.59 Å². The molecule has 3 N–H and O–H groups in total. The van der Waals surface area contributed by atoms with Crippen molar-refractivity contribution in [3.8, 4) is 0 Å². The maximum absolute atomic E-state index is 12.3. The maximum atomic E-state index is 12.3. The molecule has 1 aliphatic rings. The Morgan fingerprint density at radius 2 is 1.92 bits per heavy atom. The smallest absolute Gasteiger partial charge is 0.254 e. The fourth-order valence-corrected chi connectivity index (χ4v) is 2.74. The molecule has 128 valence electrons. The van der Waals surface area contributed by atoms with E-state index >= 15 is 0 Å². The van der Waals surface area contributed by atoms with Gasteiger partial charge in [0.05, 0.1) is 11.3 Å². The molecule has 1 aliphatic heterocycles. The third kappa shape index (κ3) is 4.03. The number of hydrogen-bond donors (Lipinski definition) is 3. The van der Waals surface area contributed by atoms with Gasteiger partial charge in [-0.15, -0.1) is 0 Å². The normalized spacial score (nSPS) is 16.3. The summed E-state index contributed by atoms with van der Waals surface area (Å²) in [7, 11) is 0. The topological polar surface area (TPSA) is 87.3 Å². The average Bonchev–Trinajstić information content (AvgIpc) is 2.70. The number of carbonyl (C=O) groups is 3. The highest BCUT2D eigenvalue weighted by Gasteiger charge is 2.27. The average molecular weight is 337 g/mol. The highest BCUT2D eigenvalue weighted by Crippen LogP contribution is 2.19. The van der Waals surface area contributed by atoms with Crippen LogP contribution in [0.2, 0.25) is 0 Å². The van der Waals surface area contributed by atoms with Crippen molar-refractivity contribution in [2.75, 3.05) is 10.6 Å². The molecule has 6 nitrogen and oxygen atoms in total. The van der Waals surface area contributed by atoms with Crippen LogP contribution in [-0.4, -0.2) is 23.8 Å². The minimum Gasteiger partial charge on any atom is -0.340 e. The molecule has 6 heteroatoms. The van der Waals surface area contributed by atoms with E-state index in [-0.39, 0.29) is 30.6 Å². The van der Waals surface area contributed by atoms with Gasteiger partial charge in [-0.2, -0.15) is 0 Å². The summed E-state index contributed by atoms with van der Waals surface area (Å²) in [4.78, 5) is 36.6. The molecular weight excluding hydrogens is 318 g/mol. The van der Waals surface area contributed by atoms with E-state index in [2.05, 4.69) is 16.0 Å². The van der Waals surface area contributed by atoms with Crippen molar-refractivity contribution in [1.82, 2.24) is 5.32 Å². The number of benzene rings is 2. The van der Waals surface area contributed by atoms with Crippen molar-refractivity contribution >= 4 is 29.1 Å². The van der Waals surface area contributed by atoms with Gasteiger partial charge < -0.3 is 16.0 Å². The molecule has 0 bridgehead atoms. The van der Waals surface area contributed by atoms with Crippen molar-refractivity contribution in [3.05, 3.63) is 59.7 Å². The Labute approximate surface area is 145 Å². The lowest BCUT2D eigenvalue weighted by Gasteiger charge is -2.14. The van der Waals surface area contributed by atoms with E-state index < -0.39 is 6.04 Å². The summed E-state index contributed by atoms with van der Waals surface area (Å²) in [5, 5.41) is 8.21. The van der Waals surface area contributed by atoms with E-state index in [0.717, 1.165) is 5.56 Å². The van der Waals surface area contributed by atoms with Crippen LogP contribution in [0.5, 0.6) is 0 Å². The van der Waals surface area contributed by atoms with Crippen molar-refractivity contribution in [2.45, 2.75) is 25.8 Å². The molecule has 0 saturated carbocycles. The Bertz CT molecular complexity index is 832. The van der Waals surface area contributed by atoms with E-state index in [1.165, 1.54) is 0 Å². The SMILES string of the molecule is Cc1cccc(NC(=O)CC[C@H]2NC(=O)c3ccccc3NC2=O)c1. The molecule has 3 rings (SSSR count). The number of rotatable bonds is 4. The molecule has 2 aromatic rings. The summed E-state index contributed by atoms with van der Waals surface area (Å²) in [6.07, 6.45) is 0.353. The number of fused-ring (bicyclic) bond motifs is 1. The Morgan fingerprint density at radius 3 is 2.72 bits per heavy atom. The van der Waals surface area contributed by atoms with Crippen molar-refractivity contribution in [3.63, 3.8) is 0 Å². The van der Waals surface area contributed by atoms with Crippen LogP contribution >= 0.6 is 0 Å². The molecule has 0 saturated heterocycles. The van der Waals surface area contributed by atoms with Gasteiger partial charge in [0, 0.05) is 12.1 Å². The molecule has 1 atom stereocenters. The van der Waals surface area contributed by atoms with Crippen LogP contribution in [0.4, 0.5) is 11.4 Å². The van der Waals surface area contributed by atoms with Crippen LogP contribution < -0.4 is 16.0 Å². The Kier molecular flexibility index (Phi) is 4.79. The first-order valence-corrected chi connectivity index (χ1v) is 8.10. The summed E-state index contributed by atoms with van der Waals surface area (Å²) in [6.45, 7) is 1.94. The zero-order valence-corrected chi connectivity index (χ0v) is 13.8. The number of amides is 3. The highest BCUT2D eigenvalue weighted by atomic mass is 16.2. The van der Waals surface area contributed by atoms with E-state index in [4.69, 9.17) is 0 Å². The monoisotopic (exact) mass is 337 g/mol. The lowest BCUT2D eigenvalue weighted by molar-refractivity contribution is -0.118. The first-order chi connectivity index (χ1) is 12.0. The standard InChI is InChI=1S/C19H19N3O3/c1-12-5-4-6-13(11-12)20-17(23)10-9-16-19(25)21-15-8-3-2-7-14(15)18(24)22-16/h2-8,11,16H,9-10H2,1H3,(H,20,23)(H,21,25)(H,22,24)/t16-/m1/s1. The molecular formula is C19H19N3O3. The second-order valence-corrected chi connectivity index (χ2v) is 6.02. The molecule has 0 spiro atoms. The number of carbonyl (C=O) groups excluding carboxylic acids is 3. The third-order valence-electron chi connectivity index (χ3n) is 4.01. The fraction of sp³-hybridized carbons (Fsp3) is 0.211. The van der Waals surface area contributed by atoms with Gasteiger partial charge in [-0.25, -0.2) is 0 Å². The summed E-state index contributed by atoms with van der Waals surface area (Å²) in [6, 6.07) is 13.6. The summed E-state index contributed by atoms with van der Waals surface area (Å²) in [5.74, 6) is -0.839. The van der Waals surface area contributed by atoms with Gasteiger partial charge in [0.15, 0.2) is 0 Å². The molecule has 3 amide bonds. The quantitative estimate of drug-likeness (QED) is 0.801. The third-order valence-corrected chi connectivity index (χ3v) is 4.01. The van der Waals surface area contributed by atoms with Crippen LogP contribution in [0.3, 0.4) is 0 Å². The molecule has 0 fully saturated rings. The second-order valence-electron chi connectivity index (χ2n) is 6.02. The predicted octanol–water partition coefficient (Wildman–Crippen LogP) is 2.46. The number of aryl methyl sites for hydroxylation is 1. The zero-order chi connectivity index (χ0) is 17.8. The van der Waals surface area contributed by atoms with Crippen LogP contribution in [0.25, 0.3) is 0 Å². The fourth-order valence-electron chi connectivity index (χ4n) is 2.74. The molecule has 2 aromatic carbocycles. The zero-order valence-electron chi connectivity index (χ0n) is 13.8. The number of nitrogens with one attached hydrogen (secondary N) is 3. The van der Waals surface area contributed by atoms with Gasteiger partial charge in [-0.1, -0.05) is 24.3 Å². The number of anilines is 2. The van der Waals surface area contributed by atoms with Gasteiger partial charge >= 0.3 is 0 Å². The van der Waals surface area contributed by atoms with Gasteiger partial charge in [-0.3, -0.25) is 14.4 Å². The Hall–Kier alpha value is -3.15. The molecule has 0 unspecified atom stereocenters. The first-order valence-electron chi connectivity index (χ1n) is 8.10. The van der Waals surface area contributed by atoms with Crippen LogP contribution in [0.15, 0.2) is 48.5 Å². The molecule has 0 radical (unpaired) electrons. The van der Waals surface area contributed by atoms with Crippen molar-refractivity contribution < 1.29 is 14.4 Å². The largest absolute Gasteiger partial charge is 0.340 e. The van der Waals surface area contributed by atoms with Gasteiger partial charge in [-0.05, 0) is 43.2 Å². The summed E-state index contributed by atoms with van der Waals surface area (Å²) in [5.41, 5.74) is 2.66. The molecule has 0 aromatic heterocycles. The molecule has 0 aliphatic carbocycles. The van der Waals surface area contributed by atoms with E-state index in [1.54, 1.807) is 24.3 Å². The highest BCUT2D eigenvalue weighted by molar-refractivity contribution is 6.09. The Morgan fingerprint density at radius 1 is 1.12 bits per heavy atom. The number of hydrogen-bond acceptors (Lipinski definition) is 3. The van der Waals surface area contributed by atoms with Crippen molar-refractivity contribution in [1.29, 1.82) is 0 Å². The van der Waals surface area contributed by atoms with Crippen molar-refractivity contribution in [2.24, 2.45) is 0 Å². The van der Waals surface area contributed by atoms with Crippen LogP contribution in [0, 0.1) is 6.92 Å².